The molecule has 7 nitrogen and oxygen atoms in total. The van der Waals surface area contributed by atoms with Crippen molar-refractivity contribution in [3.8, 4) is 0 Å². The Labute approximate surface area is 114 Å². The average molecular weight is 265 g/mol. The van der Waals surface area contributed by atoms with Crippen LogP contribution in [-0.4, -0.2) is 35.2 Å². The van der Waals surface area contributed by atoms with E-state index in [0.29, 0.717) is 11.8 Å². The van der Waals surface area contributed by atoms with Gasteiger partial charge in [-0.2, -0.15) is 19.8 Å². The molecule has 0 aromatic carbocycles. The molecule has 0 spiro atoms. The van der Waals surface area contributed by atoms with Crippen LogP contribution in [0.15, 0.2) is 0 Å². The van der Waals surface area contributed by atoms with Crippen LogP contribution < -0.4 is 0 Å². The molecule has 0 saturated carbocycles. The fourth-order valence-corrected chi connectivity index (χ4v) is 1.58. The molecule has 0 amide bonds. The second-order valence-electron chi connectivity index (χ2n) is 5.11. The molecule has 0 aliphatic rings. The van der Waals surface area contributed by atoms with Crippen molar-refractivity contribution in [2.45, 2.75) is 46.5 Å². The summed E-state index contributed by atoms with van der Waals surface area (Å²) in [6.07, 6.45) is 0. The Morgan fingerprint density at radius 2 is 1.47 bits per heavy atom. The van der Waals surface area contributed by atoms with Crippen LogP contribution >= 0.6 is 0 Å². The van der Waals surface area contributed by atoms with E-state index in [1.165, 1.54) is 4.80 Å². The third-order valence-corrected chi connectivity index (χ3v) is 2.50. The highest BCUT2D eigenvalue weighted by atomic mass is 15.6. The van der Waals surface area contributed by atoms with Crippen molar-refractivity contribution in [2.75, 3.05) is 0 Å². The van der Waals surface area contributed by atoms with Gasteiger partial charge in [0, 0.05) is 13.0 Å². The van der Waals surface area contributed by atoms with Crippen molar-refractivity contribution >= 4 is 0 Å². The minimum atomic E-state index is 0.374. The quantitative estimate of drug-likeness (QED) is 0.824. The lowest BCUT2D eigenvalue weighted by molar-refractivity contribution is 0.625. The van der Waals surface area contributed by atoms with Gasteiger partial charge in [-0.3, -0.25) is 0 Å². The van der Waals surface area contributed by atoms with Gasteiger partial charge in [0.2, 0.25) is 0 Å². The van der Waals surface area contributed by atoms with Crippen molar-refractivity contribution in [3.05, 3.63) is 17.2 Å². The van der Waals surface area contributed by atoms with Gasteiger partial charge in [-0.25, -0.2) is 0 Å². The van der Waals surface area contributed by atoms with Crippen molar-refractivity contribution < 1.29 is 0 Å². The van der Waals surface area contributed by atoms with E-state index in [2.05, 4.69) is 39.5 Å². The molecule has 2 rings (SSSR count). The van der Waals surface area contributed by atoms with Crippen LogP contribution in [0, 0.1) is 6.92 Å². The molecule has 7 heteroatoms. The van der Waals surface area contributed by atoms with Gasteiger partial charge in [0.25, 0.3) is 0 Å². The lowest BCUT2D eigenvalue weighted by Gasteiger charge is -1.97. The van der Waals surface area contributed by atoms with Crippen LogP contribution in [-0.2, 0) is 14.1 Å². The molecule has 19 heavy (non-hydrogen) atoms. The lowest BCUT2D eigenvalue weighted by Crippen LogP contribution is -1.94. The Hall–Kier alpha value is -1.79. The summed E-state index contributed by atoms with van der Waals surface area (Å²) in [6, 6.07) is 0. The van der Waals surface area contributed by atoms with E-state index >= 15 is 0 Å². The maximum atomic E-state index is 4.22. The van der Waals surface area contributed by atoms with Crippen molar-refractivity contribution in [3.63, 3.8) is 0 Å². The molecule has 2 heterocycles. The smallest absolute Gasteiger partial charge is 0.177 e. The summed E-state index contributed by atoms with van der Waals surface area (Å²) in [5.74, 6) is 1.66. The fourth-order valence-electron chi connectivity index (χ4n) is 1.58. The van der Waals surface area contributed by atoms with Crippen molar-refractivity contribution in [1.29, 1.82) is 0 Å². The maximum Gasteiger partial charge on any atom is 0.177 e. The maximum absolute atomic E-state index is 4.22. The van der Waals surface area contributed by atoms with E-state index in [9.17, 15) is 0 Å². The van der Waals surface area contributed by atoms with E-state index < -0.39 is 0 Å². The first-order valence-corrected chi connectivity index (χ1v) is 6.43. The summed E-state index contributed by atoms with van der Waals surface area (Å²) in [6.45, 7) is 10.3. The Bertz CT molecular complexity index is 510. The van der Waals surface area contributed by atoms with Crippen LogP contribution in [0.3, 0.4) is 0 Å². The number of nitrogens with zero attached hydrogens (tertiary/aromatic N) is 7. The van der Waals surface area contributed by atoms with Crippen LogP contribution in [0.5, 0.6) is 0 Å². The van der Waals surface area contributed by atoms with E-state index in [1.807, 2.05) is 27.8 Å². The van der Waals surface area contributed by atoms with Crippen molar-refractivity contribution in [1.82, 2.24) is 35.2 Å². The van der Waals surface area contributed by atoms with E-state index in [-0.39, 0.29) is 0 Å². The predicted molar refractivity (Wildman–Crippen MR) is 72.7 cm³/mol. The summed E-state index contributed by atoms with van der Waals surface area (Å²) >= 11 is 0. The third-order valence-electron chi connectivity index (χ3n) is 2.50. The van der Waals surface area contributed by atoms with Gasteiger partial charge < -0.3 is 0 Å². The summed E-state index contributed by atoms with van der Waals surface area (Å²) in [4.78, 5) is 3.08. The van der Waals surface area contributed by atoms with Gasteiger partial charge in [0.15, 0.2) is 5.82 Å². The zero-order chi connectivity index (χ0) is 14.6. The molecule has 0 N–H and O–H groups in total. The molecular formula is C12H23N7. The summed E-state index contributed by atoms with van der Waals surface area (Å²) in [7, 11) is 3.61. The third kappa shape index (κ3) is 4.42. The van der Waals surface area contributed by atoms with Crippen LogP contribution in [0.2, 0.25) is 0 Å². The molecule has 0 bridgehead atoms. The second-order valence-corrected chi connectivity index (χ2v) is 5.11. The summed E-state index contributed by atoms with van der Waals surface area (Å²) < 4.78 is 0. The SMILES string of the molecule is CC(C)c1nnn(C)n1.Cc1nn(C)nc1C(C)C. The number of tetrazole rings is 1. The monoisotopic (exact) mass is 265 g/mol. The summed E-state index contributed by atoms with van der Waals surface area (Å²) in [5, 5.41) is 19.9. The molecule has 0 saturated heterocycles. The normalized spacial score (nSPS) is 10.8. The highest BCUT2D eigenvalue weighted by Crippen LogP contribution is 2.12. The minimum Gasteiger partial charge on any atom is -0.188 e. The molecule has 0 radical (unpaired) electrons. The molecule has 0 atom stereocenters. The van der Waals surface area contributed by atoms with Crippen LogP contribution in [0.25, 0.3) is 0 Å². The van der Waals surface area contributed by atoms with Crippen LogP contribution in [0.4, 0.5) is 0 Å². The first kappa shape index (κ1) is 15.3. The first-order chi connectivity index (χ1) is 8.81. The topological polar surface area (TPSA) is 74.3 Å². The van der Waals surface area contributed by atoms with Gasteiger partial charge in [0.1, 0.15) is 0 Å². The molecule has 0 aliphatic carbocycles. The molecule has 0 aliphatic heterocycles. The average Bonchev–Trinajstić information content (AvgIpc) is 2.85. The molecule has 0 fully saturated rings. The predicted octanol–water partition coefficient (Wildman–Crippen LogP) is 1.58. The van der Waals surface area contributed by atoms with E-state index in [0.717, 1.165) is 17.2 Å². The Morgan fingerprint density at radius 3 is 1.68 bits per heavy atom. The fraction of sp³-hybridized carbons (Fsp3) is 0.750. The highest BCUT2D eigenvalue weighted by Gasteiger charge is 2.07. The molecule has 106 valence electrons. The number of aromatic nitrogens is 7. The first-order valence-electron chi connectivity index (χ1n) is 6.43. The Morgan fingerprint density at radius 1 is 0.842 bits per heavy atom. The number of rotatable bonds is 2. The largest absolute Gasteiger partial charge is 0.188 e. The number of hydrogen-bond acceptors (Lipinski definition) is 5. The van der Waals surface area contributed by atoms with Gasteiger partial charge in [0.05, 0.1) is 18.4 Å². The molecular weight excluding hydrogens is 242 g/mol. The van der Waals surface area contributed by atoms with Gasteiger partial charge in [-0.05, 0) is 18.1 Å². The summed E-state index contributed by atoms with van der Waals surface area (Å²) in [5.41, 5.74) is 2.14. The molecule has 2 aromatic rings. The highest BCUT2D eigenvalue weighted by molar-refractivity contribution is 5.10. The Kier molecular flexibility index (Phi) is 5.14. The number of hydrogen-bond donors (Lipinski definition) is 0. The minimum absolute atomic E-state index is 0.374. The lowest BCUT2D eigenvalue weighted by atomic mass is 10.1. The van der Waals surface area contributed by atoms with Crippen LogP contribution in [0.1, 0.15) is 56.7 Å². The molecule has 0 unspecified atom stereocenters. The second kappa shape index (κ2) is 6.40. The zero-order valence-corrected chi connectivity index (χ0v) is 12.8. The zero-order valence-electron chi connectivity index (χ0n) is 12.8. The van der Waals surface area contributed by atoms with E-state index in [4.69, 9.17) is 0 Å². The standard InChI is InChI=1S/C7H13N3.C5H10N4/c1-5(2)7-6(3)8-10(4)9-7;1-4(2)5-6-8-9(3)7-5/h5H,1-4H3;4H,1-3H3. The Balaban J connectivity index is 0.000000191. The van der Waals surface area contributed by atoms with Crippen molar-refractivity contribution in [2.24, 2.45) is 14.1 Å². The molecule has 2 aromatic heterocycles. The van der Waals surface area contributed by atoms with Gasteiger partial charge in [-0.1, -0.05) is 27.7 Å². The van der Waals surface area contributed by atoms with Gasteiger partial charge >= 0.3 is 0 Å². The van der Waals surface area contributed by atoms with Gasteiger partial charge in [-0.15, -0.1) is 10.2 Å². The number of aryl methyl sites for hydroxylation is 3. The van der Waals surface area contributed by atoms with E-state index in [1.54, 1.807) is 11.8 Å².